The van der Waals surface area contributed by atoms with E-state index in [9.17, 15) is 8.42 Å². The van der Waals surface area contributed by atoms with Gasteiger partial charge in [0.25, 0.3) is 0 Å². The average molecular weight is 262 g/mol. The first-order valence-corrected chi connectivity index (χ1v) is 8.07. The molecule has 0 spiro atoms. The van der Waals surface area contributed by atoms with Gasteiger partial charge in [-0.25, -0.2) is 8.42 Å². The Morgan fingerprint density at radius 3 is 1.94 bits per heavy atom. The fourth-order valence-electron chi connectivity index (χ4n) is 1.87. The van der Waals surface area contributed by atoms with Crippen molar-refractivity contribution in [3.63, 3.8) is 0 Å². The van der Waals surface area contributed by atoms with Crippen LogP contribution in [-0.2, 0) is 14.6 Å². The summed E-state index contributed by atoms with van der Waals surface area (Å²) in [5, 5.41) is -0.196. The van der Waals surface area contributed by atoms with Crippen LogP contribution < -0.4 is 0 Å². The van der Waals surface area contributed by atoms with E-state index in [0.717, 1.165) is 0 Å². The molecule has 0 saturated carbocycles. The van der Waals surface area contributed by atoms with Crippen molar-refractivity contribution in [2.75, 3.05) is 19.0 Å². The third-order valence-corrected chi connectivity index (χ3v) is 6.88. The minimum Gasteiger partial charge on any atom is -0.381 e. The van der Waals surface area contributed by atoms with Crippen molar-refractivity contribution in [3.05, 3.63) is 0 Å². The van der Waals surface area contributed by atoms with Gasteiger partial charge in [0.05, 0.1) is 11.0 Å². The Hall–Kier alpha value is -0.0900. The molecule has 0 aromatic carbocycles. The van der Waals surface area contributed by atoms with E-state index < -0.39 is 9.84 Å². The van der Waals surface area contributed by atoms with Crippen molar-refractivity contribution in [2.24, 2.45) is 10.8 Å². The highest BCUT2D eigenvalue weighted by Crippen LogP contribution is 2.40. The second-order valence-electron chi connectivity index (χ2n) is 6.75. The Labute approximate surface area is 106 Å². The zero-order chi connectivity index (χ0) is 13.3. The summed E-state index contributed by atoms with van der Waals surface area (Å²) in [7, 11) is -3.00. The Balaban J connectivity index is 2.79. The van der Waals surface area contributed by atoms with E-state index in [0.29, 0.717) is 26.1 Å². The van der Waals surface area contributed by atoms with E-state index >= 15 is 0 Å². The summed E-state index contributed by atoms with van der Waals surface area (Å²) >= 11 is 0. The monoisotopic (exact) mass is 262 g/mol. The van der Waals surface area contributed by atoms with Crippen LogP contribution >= 0.6 is 0 Å². The summed E-state index contributed by atoms with van der Waals surface area (Å²) in [5.74, 6) is 0.272. The zero-order valence-electron chi connectivity index (χ0n) is 11.7. The van der Waals surface area contributed by atoms with Crippen molar-refractivity contribution in [2.45, 2.75) is 52.7 Å². The van der Waals surface area contributed by atoms with Crippen LogP contribution in [0.25, 0.3) is 0 Å². The summed E-state index contributed by atoms with van der Waals surface area (Å²) in [5.41, 5.74) is -0.213. The van der Waals surface area contributed by atoms with Gasteiger partial charge < -0.3 is 4.74 Å². The molecule has 102 valence electrons. The topological polar surface area (TPSA) is 43.4 Å². The van der Waals surface area contributed by atoms with Crippen LogP contribution in [0.15, 0.2) is 0 Å². The van der Waals surface area contributed by atoms with Gasteiger partial charge in [0.15, 0.2) is 9.84 Å². The van der Waals surface area contributed by atoms with Crippen molar-refractivity contribution in [3.8, 4) is 0 Å². The smallest absolute Gasteiger partial charge is 0.153 e. The van der Waals surface area contributed by atoms with Crippen LogP contribution in [0.2, 0.25) is 0 Å². The number of sulfone groups is 1. The molecule has 0 radical (unpaired) electrons. The third-order valence-electron chi connectivity index (χ3n) is 4.27. The van der Waals surface area contributed by atoms with E-state index in [-0.39, 0.29) is 21.8 Å². The molecular formula is C13H26O3S. The molecule has 0 aromatic rings. The zero-order valence-corrected chi connectivity index (χ0v) is 12.6. The quantitative estimate of drug-likeness (QED) is 0.785. The highest BCUT2D eigenvalue weighted by molar-refractivity contribution is 7.92. The molecule has 1 aliphatic heterocycles. The van der Waals surface area contributed by atoms with Gasteiger partial charge in [-0.3, -0.25) is 0 Å². The van der Waals surface area contributed by atoms with E-state index in [1.165, 1.54) is 0 Å². The lowest BCUT2D eigenvalue weighted by Crippen LogP contribution is -2.41. The SMILES string of the molecule is CC(C)(C)C(C)(C)CS(=O)(=O)C1CCOCC1. The normalized spacial score (nSPS) is 20.5. The second-order valence-corrected chi connectivity index (χ2v) is 9.03. The van der Waals surface area contributed by atoms with E-state index in [2.05, 4.69) is 20.8 Å². The molecule has 0 aromatic heterocycles. The number of hydrogen-bond acceptors (Lipinski definition) is 3. The van der Waals surface area contributed by atoms with Crippen molar-refractivity contribution in [1.29, 1.82) is 0 Å². The lowest BCUT2D eigenvalue weighted by atomic mass is 9.71. The van der Waals surface area contributed by atoms with Crippen molar-refractivity contribution in [1.82, 2.24) is 0 Å². The highest BCUT2D eigenvalue weighted by atomic mass is 32.2. The third kappa shape index (κ3) is 3.68. The summed E-state index contributed by atoms with van der Waals surface area (Å²) in [6.45, 7) is 11.6. The second kappa shape index (κ2) is 4.88. The minimum absolute atomic E-state index is 0.00869. The Bertz CT molecular complexity index is 343. The molecule has 0 bridgehead atoms. The molecule has 0 atom stereocenters. The molecule has 0 unspecified atom stereocenters. The van der Waals surface area contributed by atoms with Crippen LogP contribution in [0.5, 0.6) is 0 Å². The first kappa shape index (κ1) is 15.0. The van der Waals surface area contributed by atoms with Crippen LogP contribution in [0.3, 0.4) is 0 Å². The lowest BCUT2D eigenvalue weighted by Gasteiger charge is -2.39. The van der Waals surface area contributed by atoms with Gasteiger partial charge in [-0.05, 0) is 23.7 Å². The van der Waals surface area contributed by atoms with Crippen LogP contribution in [0, 0.1) is 10.8 Å². The lowest BCUT2D eigenvalue weighted by molar-refractivity contribution is 0.0975. The number of ether oxygens (including phenoxy) is 1. The first-order chi connectivity index (χ1) is 7.56. The molecule has 3 nitrogen and oxygen atoms in total. The molecule has 0 amide bonds. The van der Waals surface area contributed by atoms with Gasteiger partial charge in [0.2, 0.25) is 0 Å². The molecule has 17 heavy (non-hydrogen) atoms. The number of rotatable bonds is 3. The largest absolute Gasteiger partial charge is 0.381 e. The van der Waals surface area contributed by atoms with Gasteiger partial charge in [-0.2, -0.15) is 0 Å². The number of hydrogen-bond donors (Lipinski definition) is 0. The Kier molecular flexibility index (Phi) is 4.30. The van der Waals surface area contributed by atoms with Crippen LogP contribution in [-0.4, -0.2) is 32.6 Å². The highest BCUT2D eigenvalue weighted by Gasteiger charge is 2.40. The Morgan fingerprint density at radius 1 is 1.06 bits per heavy atom. The minimum atomic E-state index is -3.00. The predicted molar refractivity (Wildman–Crippen MR) is 70.9 cm³/mol. The summed E-state index contributed by atoms with van der Waals surface area (Å²) < 4.78 is 30.0. The summed E-state index contributed by atoms with van der Waals surface area (Å²) in [6.07, 6.45) is 1.31. The summed E-state index contributed by atoms with van der Waals surface area (Å²) in [6, 6.07) is 0. The van der Waals surface area contributed by atoms with Gasteiger partial charge in [-0.15, -0.1) is 0 Å². The van der Waals surface area contributed by atoms with Gasteiger partial charge >= 0.3 is 0 Å². The maximum absolute atomic E-state index is 12.4. The molecule has 1 heterocycles. The first-order valence-electron chi connectivity index (χ1n) is 6.36. The molecule has 4 heteroatoms. The fraction of sp³-hybridized carbons (Fsp3) is 1.00. The van der Waals surface area contributed by atoms with Crippen molar-refractivity contribution >= 4 is 9.84 Å². The molecule has 1 saturated heterocycles. The molecule has 1 aliphatic rings. The average Bonchev–Trinajstić information content (AvgIpc) is 2.15. The van der Waals surface area contributed by atoms with Crippen LogP contribution in [0.4, 0.5) is 0 Å². The van der Waals surface area contributed by atoms with Crippen molar-refractivity contribution < 1.29 is 13.2 Å². The van der Waals surface area contributed by atoms with Crippen LogP contribution in [0.1, 0.15) is 47.5 Å². The molecule has 0 aliphatic carbocycles. The predicted octanol–water partition coefficient (Wildman–Crippen LogP) is 2.65. The molecule has 1 rings (SSSR count). The molecular weight excluding hydrogens is 236 g/mol. The fourth-order valence-corrected chi connectivity index (χ4v) is 4.46. The maximum atomic E-state index is 12.4. The molecule has 0 N–H and O–H groups in total. The van der Waals surface area contributed by atoms with Gasteiger partial charge in [-0.1, -0.05) is 34.6 Å². The van der Waals surface area contributed by atoms with E-state index in [1.807, 2.05) is 13.8 Å². The standard InChI is InChI=1S/C13H26O3S/c1-12(2,3)13(4,5)10-17(14,15)11-6-8-16-9-7-11/h11H,6-10H2,1-5H3. The Morgan fingerprint density at radius 2 is 1.53 bits per heavy atom. The van der Waals surface area contributed by atoms with E-state index in [4.69, 9.17) is 4.74 Å². The van der Waals surface area contributed by atoms with E-state index in [1.54, 1.807) is 0 Å². The van der Waals surface area contributed by atoms with Gasteiger partial charge in [0, 0.05) is 13.2 Å². The van der Waals surface area contributed by atoms with Gasteiger partial charge in [0.1, 0.15) is 0 Å². The summed E-state index contributed by atoms with van der Waals surface area (Å²) in [4.78, 5) is 0. The maximum Gasteiger partial charge on any atom is 0.153 e. The molecule has 1 fully saturated rings.